The third-order valence-electron chi connectivity index (χ3n) is 3.99. The highest BCUT2D eigenvalue weighted by Crippen LogP contribution is 2.31. The Hall–Kier alpha value is -2.81. The van der Waals surface area contributed by atoms with Crippen LogP contribution < -0.4 is 5.32 Å². The lowest BCUT2D eigenvalue weighted by atomic mass is 10.0. The van der Waals surface area contributed by atoms with Gasteiger partial charge in [-0.15, -0.1) is 0 Å². The Kier molecular flexibility index (Phi) is 6.62. The van der Waals surface area contributed by atoms with E-state index in [2.05, 4.69) is 10.3 Å². The normalized spacial score (nSPS) is 19.2. The molecule has 3 rings (SSSR count). The van der Waals surface area contributed by atoms with Crippen molar-refractivity contribution in [3.63, 3.8) is 0 Å². The minimum absolute atomic E-state index is 0.122. The second-order valence-corrected chi connectivity index (χ2v) is 5.81. The molecule has 0 spiro atoms. The lowest BCUT2D eigenvalue weighted by Gasteiger charge is -2.29. The number of aliphatic carboxylic acids is 1. The summed E-state index contributed by atoms with van der Waals surface area (Å²) < 4.78 is 26.9. The lowest BCUT2D eigenvalue weighted by molar-refractivity contribution is -0.135. The molecule has 0 saturated heterocycles. The third kappa shape index (κ3) is 4.48. The summed E-state index contributed by atoms with van der Waals surface area (Å²) in [4.78, 5) is 27.7. The molecule has 2 aliphatic heterocycles. The van der Waals surface area contributed by atoms with Gasteiger partial charge >= 0.3 is 5.97 Å². The molecule has 0 atom stereocenters. The van der Waals surface area contributed by atoms with Crippen molar-refractivity contribution in [3.8, 4) is 0 Å². The number of likely N-dealkylation sites (N-methyl/N-ethyl adjacent to an activating group) is 1. The van der Waals surface area contributed by atoms with Crippen LogP contribution in [0, 0.1) is 0 Å². The minimum atomic E-state index is -1.30. The fourth-order valence-corrected chi connectivity index (χ4v) is 2.72. The van der Waals surface area contributed by atoms with Gasteiger partial charge in [0.2, 0.25) is 0 Å². The van der Waals surface area contributed by atoms with Gasteiger partial charge in [-0.1, -0.05) is 25.5 Å². The highest BCUT2D eigenvalue weighted by atomic mass is 19.1. The number of aliphatic imine (C=N–C) groups is 1. The standard InChI is InChI=1S/C16H16F2N4O3.C2H6/c1-21-8-11(18)14-20-12(6-13(16(24)25)22(14)21)15(23)19-7-9-2-4-10(17)5-3-9;1-2/h2,4,6H,3,5,7-8H2,1H3,(H,19,23)(H,24,25);1-2H3. The first-order valence-corrected chi connectivity index (χ1v) is 8.62. The molecule has 0 aromatic heterocycles. The number of halogens is 2. The van der Waals surface area contributed by atoms with Gasteiger partial charge in [0.15, 0.2) is 11.6 Å². The van der Waals surface area contributed by atoms with E-state index in [4.69, 9.17) is 0 Å². The number of hydrogen-bond donors (Lipinski definition) is 2. The fourth-order valence-electron chi connectivity index (χ4n) is 2.72. The van der Waals surface area contributed by atoms with Crippen molar-refractivity contribution >= 4 is 17.6 Å². The summed E-state index contributed by atoms with van der Waals surface area (Å²) in [6.45, 7) is 4.06. The van der Waals surface area contributed by atoms with Gasteiger partial charge in [0.05, 0.1) is 6.54 Å². The zero-order valence-electron chi connectivity index (χ0n) is 15.4. The van der Waals surface area contributed by atoms with Crippen LogP contribution in [-0.4, -0.2) is 52.8 Å². The molecule has 0 aromatic rings. The molecular weight excluding hydrogens is 358 g/mol. The molecule has 0 fully saturated rings. The molecule has 0 bridgehead atoms. The maximum atomic E-state index is 14.0. The molecule has 0 aromatic carbocycles. The van der Waals surface area contributed by atoms with E-state index < -0.39 is 17.7 Å². The van der Waals surface area contributed by atoms with E-state index in [-0.39, 0.29) is 42.6 Å². The number of carboxylic acids is 1. The highest BCUT2D eigenvalue weighted by molar-refractivity contribution is 6.44. The van der Waals surface area contributed by atoms with Crippen molar-refractivity contribution in [1.82, 2.24) is 15.3 Å². The van der Waals surface area contributed by atoms with Crippen molar-refractivity contribution in [2.75, 3.05) is 20.1 Å². The predicted octanol–water partition coefficient (Wildman–Crippen LogP) is 2.43. The van der Waals surface area contributed by atoms with Crippen LogP contribution in [0.25, 0.3) is 0 Å². The van der Waals surface area contributed by atoms with Crippen LogP contribution in [0.3, 0.4) is 0 Å². The molecule has 2 heterocycles. The van der Waals surface area contributed by atoms with Crippen LogP contribution in [0.5, 0.6) is 0 Å². The lowest BCUT2D eigenvalue weighted by Crippen LogP contribution is -2.41. The smallest absolute Gasteiger partial charge is 0.354 e. The minimum Gasteiger partial charge on any atom is -0.477 e. The quantitative estimate of drug-likeness (QED) is 0.782. The van der Waals surface area contributed by atoms with Crippen LogP contribution in [0.2, 0.25) is 0 Å². The number of allylic oxidation sites excluding steroid dienone is 3. The summed E-state index contributed by atoms with van der Waals surface area (Å²) in [6, 6.07) is 0. The van der Waals surface area contributed by atoms with E-state index >= 15 is 0 Å². The molecule has 0 radical (unpaired) electrons. The first kappa shape index (κ1) is 20.5. The van der Waals surface area contributed by atoms with Crippen LogP contribution >= 0.6 is 0 Å². The van der Waals surface area contributed by atoms with Crippen molar-refractivity contribution < 1.29 is 23.5 Å². The number of carbonyl (C=O) groups is 2. The van der Waals surface area contributed by atoms with E-state index in [9.17, 15) is 23.5 Å². The Morgan fingerprint density at radius 2 is 1.96 bits per heavy atom. The summed E-state index contributed by atoms with van der Waals surface area (Å²) in [5.41, 5.74) is 0.389. The van der Waals surface area contributed by atoms with Crippen LogP contribution in [-0.2, 0) is 9.59 Å². The zero-order chi connectivity index (χ0) is 20.1. The number of nitrogens with one attached hydrogen (secondary N) is 1. The van der Waals surface area contributed by atoms with Gasteiger partial charge in [-0.2, -0.15) is 0 Å². The Labute approximate surface area is 156 Å². The molecule has 3 aliphatic rings. The summed E-state index contributed by atoms with van der Waals surface area (Å²) in [6.07, 6.45) is 4.81. The first-order valence-electron chi connectivity index (χ1n) is 8.62. The number of carbonyl (C=O) groups excluding carboxylic acids is 1. The Morgan fingerprint density at radius 3 is 2.56 bits per heavy atom. The van der Waals surface area contributed by atoms with Crippen molar-refractivity contribution in [1.29, 1.82) is 0 Å². The van der Waals surface area contributed by atoms with Crippen LogP contribution in [0.1, 0.15) is 26.7 Å². The predicted molar refractivity (Wildman–Crippen MR) is 96.6 cm³/mol. The summed E-state index contributed by atoms with van der Waals surface area (Å²) in [5.74, 6) is -2.95. The average Bonchev–Trinajstić information content (AvgIpc) is 2.96. The van der Waals surface area contributed by atoms with Gasteiger partial charge in [0.1, 0.15) is 17.2 Å². The second-order valence-electron chi connectivity index (χ2n) is 5.81. The number of fused-ring (bicyclic) bond motifs is 1. The molecule has 2 N–H and O–H groups in total. The summed E-state index contributed by atoms with van der Waals surface area (Å²) in [7, 11) is 1.52. The number of hydrazine groups is 1. The van der Waals surface area contributed by atoms with Gasteiger partial charge < -0.3 is 10.4 Å². The zero-order valence-corrected chi connectivity index (χ0v) is 15.4. The number of carboxylic acid groups (broad SMARTS) is 1. The van der Waals surface area contributed by atoms with Crippen molar-refractivity contribution in [3.05, 3.63) is 47.0 Å². The molecule has 7 nitrogen and oxygen atoms in total. The molecule has 9 heteroatoms. The van der Waals surface area contributed by atoms with E-state index in [0.29, 0.717) is 6.42 Å². The molecule has 0 unspecified atom stereocenters. The molecular formula is C18H22F2N4O3. The number of rotatable bonds is 4. The van der Waals surface area contributed by atoms with Gasteiger partial charge in [-0.25, -0.2) is 28.6 Å². The molecule has 146 valence electrons. The number of amides is 1. The largest absolute Gasteiger partial charge is 0.477 e. The summed E-state index contributed by atoms with van der Waals surface area (Å²) >= 11 is 0. The second kappa shape index (κ2) is 8.72. The Bertz CT molecular complexity index is 796. The molecule has 27 heavy (non-hydrogen) atoms. The molecule has 1 aliphatic carbocycles. The van der Waals surface area contributed by atoms with Crippen molar-refractivity contribution in [2.45, 2.75) is 26.7 Å². The van der Waals surface area contributed by atoms with E-state index in [1.54, 1.807) is 6.08 Å². The maximum absolute atomic E-state index is 14.0. The Balaban J connectivity index is 0.00000126. The van der Waals surface area contributed by atoms with E-state index in [0.717, 1.165) is 16.7 Å². The van der Waals surface area contributed by atoms with Crippen LogP contribution in [0.4, 0.5) is 8.78 Å². The maximum Gasteiger partial charge on any atom is 0.354 e. The van der Waals surface area contributed by atoms with Crippen molar-refractivity contribution in [2.24, 2.45) is 4.99 Å². The van der Waals surface area contributed by atoms with Gasteiger partial charge in [0.25, 0.3) is 5.91 Å². The first-order chi connectivity index (χ1) is 12.9. The Morgan fingerprint density at radius 1 is 1.26 bits per heavy atom. The molecule has 0 saturated carbocycles. The fraction of sp³-hybridized carbons (Fsp3) is 0.389. The average molecular weight is 380 g/mol. The van der Waals surface area contributed by atoms with Gasteiger partial charge in [0, 0.05) is 26.1 Å². The topological polar surface area (TPSA) is 85.2 Å². The van der Waals surface area contributed by atoms with E-state index in [1.165, 1.54) is 18.1 Å². The highest BCUT2D eigenvalue weighted by Gasteiger charge is 2.37. The van der Waals surface area contributed by atoms with Gasteiger partial charge in [-0.3, -0.25) is 4.79 Å². The molecule has 1 amide bonds. The van der Waals surface area contributed by atoms with Gasteiger partial charge in [-0.05, 0) is 12.5 Å². The third-order valence-corrected chi connectivity index (χ3v) is 3.99. The number of nitrogens with zero attached hydrogens (tertiary/aromatic N) is 3. The summed E-state index contributed by atoms with van der Waals surface area (Å²) in [5, 5.41) is 14.4. The monoisotopic (exact) mass is 380 g/mol. The van der Waals surface area contributed by atoms with E-state index in [1.807, 2.05) is 13.8 Å². The SMILES string of the molecule is CC.CN1CC(F)=C2N=C(C(=O)NCC3=CC=C(F)CC3)C=C(C(=O)O)N21. The van der Waals surface area contributed by atoms with Crippen LogP contribution in [0.15, 0.2) is 52.0 Å². The number of hydrogen-bond acceptors (Lipinski definition) is 5.